The van der Waals surface area contributed by atoms with Crippen LogP contribution in [-0.4, -0.2) is 27.2 Å². The largest absolute Gasteiger partial charge is 0.417 e. The Hall–Kier alpha value is -4.33. The van der Waals surface area contributed by atoms with Gasteiger partial charge in [0.1, 0.15) is 17.4 Å². The highest BCUT2D eigenvalue weighted by Crippen LogP contribution is 2.45. The highest BCUT2D eigenvalue weighted by molar-refractivity contribution is 6.38. The van der Waals surface area contributed by atoms with Crippen LogP contribution in [0.25, 0.3) is 22.2 Å². The van der Waals surface area contributed by atoms with Gasteiger partial charge in [0.05, 0.1) is 27.4 Å². The predicted octanol–water partition coefficient (Wildman–Crippen LogP) is 7.33. The minimum Gasteiger partial charge on any atom is -0.331 e. The Balaban J connectivity index is 1.69. The molecule has 2 amide bonds. The van der Waals surface area contributed by atoms with Crippen molar-refractivity contribution in [3.8, 4) is 17.2 Å². The highest BCUT2D eigenvalue weighted by Gasteiger charge is 2.36. The van der Waals surface area contributed by atoms with Crippen molar-refractivity contribution in [3.63, 3.8) is 0 Å². The number of allylic oxidation sites excluding steroid dienone is 1. The van der Waals surface area contributed by atoms with Crippen LogP contribution in [0.1, 0.15) is 34.2 Å². The second kappa shape index (κ2) is 12.0. The van der Waals surface area contributed by atoms with Crippen LogP contribution in [0.3, 0.4) is 0 Å². The number of carbonyl (C=O) groups is 2. The lowest BCUT2D eigenvalue weighted by molar-refractivity contribution is -0.137. The van der Waals surface area contributed by atoms with Gasteiger partial charge in [-0.2, -0.15) is 18.4 Å². The normalized spacial score (nSPS) is 11.6. The zero-order valence-corrected chi connectivity index (χ0v) is 23.2. The number of anilines is 2. The summed E-state index contributed by atoms with van der Waals surface area (Å²) >= 11 is 12.1. The van der Waals surface area contributed by atoms with Crippen LogP contribution in [0.2, 0.25) is 5.02 Å². The van der Waals surface area contributed by atoms with Crippen molar-refractivity contribution in [3.05, 3.63) is 88.2 Å². The molecule has 1 aromatic heterocycles. The molecule has 7 nitrogen and oxygen atoms in total. The first kappa shape index (κ1) is 29.6. The van der Waals surface area contributed by atoms with Crippen LogP contribution in [0, 0.1) is 11.3 Å². The zero-order chi connectivity index (χ0) is 29.9. The van der Waals surface area contributed by atoms with Crippen molar-refractivity contribution in [1.29, 1.82) is 5.26 Å². The number of aromatic nitrogens is 2. The Labute approximate surface area is 243 Å². The standard InChI is InChI=1S/C29H22Cl2F3N5O2/c1-3-23-38-27-22(39(23)2)14-20(29(32,33)34)25(26(27)31)16-6-4-7-19(13-16)36-28(41)17-9-10-21(18(12-17)15-35)37-24(40)8-5-11-30/h4-10,12-14H,3,11H2,1-2H3,(H,36,41)(H,37,40)/b8-5+. The monoisotopic (exact) mass is 599 g/mol. The average molecular weight is 600 g/mol. The third-order valence-corrected chi connectivity index (χ3v) is 6.81. The van der Waals surface area contributed by atoms with Crippen molar-refractivity contribution in [2.24, 2.45) is 7.05 Å². The van der Waals surface area contributed by atoms with E-state index in [1.54, 1.807) is 11.6 Å². The number of imidazole rings is 1. The number of alkyl halides is 4. The van der Waals surface area contributed by atoms with E-state index in [-0.39, 0.29) is 55.6 Å². The summed E-state index contributed by atoms with van der Waals surface area (Å²) in [6.07, 6.45) is -1.56. The Morgan fingerprint density at radius 3 is 2.56 bits per heavy atom. The van der Waals surface area contributed by atoms with E-state index in [4.69, 9.17) is 23.2 Å². The van der Waals surface area contributed by atoms with Crippen molar-refractivity contribution in [1.82, 2.24) is 9.55 Å². The summed E-state index contributed by atoms with van der Waals surface area (Å²) < 4.78 is 44.2. The number of nitrogens with one attached hydrogen (secondary N) is 2. The molecule has 2 N–H and O–H groups in total. The first-order chi connectivity index (χ1) is 19.5. The van der Waals surface area contributed by atoms with Crippen molar-refractivity contribution < 1.29 is 22.8 Å². The molecule has 4 aromatic rings. The number of benzene rings is 3. The molecule has 41 heavy (non-hydrogen) atoms. The van der Waals surface area contributed by atoms with Gasteiger partial charge in [-0.3, -0.25) is 9.59 Å². The van der Waals surface area contributed by atoms with E-state index in [1.165, 1.54) is 54.6 Å². The van der Waals surface area contributed by atoms with Gasteiger partial charge >= 0.3 is 6.18 Å². The molecule has 3 aromatic carbocycles. The highest BCUT2D eigenvalue weighted by atomic mass is 35.5. The lowest BCUT2D eigenvalue weighted by atomic mass is 9.97. The molecule has 0 aliphatic carbocycles. The number of hydrogen-bond donors (Lipinski definition) is 2. The Morgan fingerprint density at radius 1 is 1.15 bits per heavy atom. The molecule has 0 bridgehead atoms. The maximum Gasteiger partial charge on any atom is 0.417 e. The fourth-order valence-corrected chi connectivity index (χ4v) is 4.76. The van der Waals surface area contributed by atoms with Gasteiger partial charge in [0, 0.05) is 42.2 Å². The number of aryl methyl sites for hydroxylation is 2. The predicted molar refractivity (Wildman–Crippen MR) is 153 cm³/mol. The van der Waals surface area contributed by atoms with E-state index in [2.05, 4.69) is 15.6 Å². The van der Waals surface area contributed by atoms with Crippen LogP contribution in [-0.2, 0) is 24.4 Å². The zero-order valence-electron chi connectivity index (χ0n) is 21.7. The fourth-order valence-electron chi connectivity index (χ4n) is 4.32. The van der Waals surface area contributed by atoms with Gasteiger partial charge in [0.2, 0.25) is 5.91 Å². The summed E-state index contributed by atoms with van der Waals surface area (Å²) in [7, 11) is 1.64. The van der Waals surface area contributed by atoms with Gasteiger partial charge in [0.15, 0.2) is 0 Å². The minimum absolute atomic E-state index is 0.0377. The van der Waals surface area contributed by atoms with E-state index in [1.807, 2.05) is 13.0 Å². The molecular formula is C29H22Cl2F3N5O2. The molecule has 0 spiro atoms. The summed E-state index contributed by atoms with van der Waals surface area (Å²) in [6.45, 7) is 1.84. The van der Waals surface area contributed by atoms with Crippen LogP contribution >= 0.6 is 23.2 Å². The van der Waals surface area contributed by atoms with E-state index >= 15 is 0 Å². The van der Waals surface area contributed by atoms with Gasteiger partial charge in [-0.1, -0.05) is 36.7 Å². The number of hydrogen-bond acceptors (Lipinski definition) is 4. The first-order valence-electron chi connectivity index (χ1n) is 12.2. The van der Waals surface area contributed by atoms with Crippen molar-refractivity contribution >= 4 is 57.4 Å². The van der Waals surface area contributed by atoms with Crippen LogP contribution < -0.4 is 10.6 Å². The molecule has 1 heterocycles. The number of halogens is 5. The second-order valence-corrected chi connectivity index (χ2v) is 9.56. The molecule has 0 fully saturated rings. The minimum atomic E-state index is -4.71. The molecule has 0 saturated heterocycles. The van der Waals surface area contributed by atoms with Crippen molar-refractivity contribution in [2.45, 2.75) is 19.5 Å². The third-order valence-electron chi connectivity index (χ3n) is 6.26. The molecular weight excluding hydrogens is 578 g/mol. The number of nitriles is 1. The Kier molecular flexibility index (Phi) is 8.71. The maximum atomic E-state index is 14.2. The Morgan fingerprint density at radius 2 is 1.90 bits per heavy atom. The third kappa shape index (κ3) is 6.21. The molecule has 12 heteroatoms. The molecule has 0 aliphatic heterocycles. The number of amides is 2. The van der Waals surface area contributed by atoms with Crippen LogP contribution in [0.4, 0.5) is 24.5 Å². The quantitative estimate of drug-likeness (QED) is 0.171. The van der Waals surface area contributed by atoms with E-state index < -0.39 is 23.6 Å². The number of fused-ring (bicyclic) bond motifs is 1. The van der Waals surface area contributed by atoms with E-state index in [0.717, 1.165) is 6.07 Å². The molecule has 0 aliphatic rings. The molecule has 0 saturated carbocycles. The molecule has 0 radical (unpaired) electrons. The van der Waals surface area contributed by atoms with E-state index in [9.17, 15) is 28.0 Å². The van der Waals surface area contributed by atoms with Crippen LogP contribution in [0.5, 0.6) is 0 Å². The topological polar surface area (TPSA) is 99.8 Å². The van der Waals surface area contributed by atoms with E-state index in [0.29, 0.717) is 12.2 Å². The van der Waals surface area contributed by atoms with Crippen LogP contribution in [0.15, 0.2) is 60.7 Å². The fraction of sp³-hybridized carbons (Fsp3) is 0.172. The number of carbonyl (C=O) groups excluding carboxylic acids is 2. The second-order valence-electron chi connectivity index (χ2n) is 8.87. The first-order valence-corrected chi connectivity index (χ1v) is 13.1. The van der Waals surface area contributed by atoms with Gasteiger partial charge in [-0.25, -0.2) is 4.98 Å². The lowest BCUT2D eigenvalue weighted by Gasteiger charge is -2.17. The lowest BCUT2D eigenvalue weighted by Crippen LogP contribution is -2.14. The summed E-state index contributed by atoms with van der Waals surface area (Å²) in [5, 5.41) is 14.5. The summed E-state index contributed by atoms with van der Waals surface area (Å²) in [5.41, 5.74) is -0.0116. The number of rotatable bonds is 7. The summed E-state index contributed by atoms with van der Waals surface area (Å²) in [6, 6.07) is 12.9. The summed E-state index contributed by atoms with van der Waals surface area (Å²) in [5.74, 6) is -0.390. The molecule has 210 valence electrons. The van der Waals surface area contributed by atoms with Gasteiger partial charge in [-0.05, 0) is 42.0 Å². The maximum absolute atomic E-state index is 14.2. The molecule has 4 rings (SSSR count). The van der Waals surface area contributed by atoms with Gasteiger partial charge in [-0.15, -0.1) is 11.6 Å². The van der Waals surface area contributed by atoms with Gasteiger partial charge < -0.3 is 15.2 Å². The number of nitrogens with zero attached hydrogens (tertiary/aromatic N) is 3. The summed E-state index contributed by atoms with van der Waals surface area (Å²) in [4.78, 5) is 29.4. The smallest absolute Gasteiger partial charge is 0.331 e. The Bertz CT molecular complexity index is 1740. The van der Waals surface area contributed by atoms with Gasteiger partial charge in [0.25, 0.3) is 5.91 Å². The molecule has 0 unspecified atom stereocenters. The molecule has 0 atom stereocenters. The average Bonchev–Trinajstić information content (AvgIpc) is 3.27. The van der Waals surface area contributed by atoms with Crippen molar-refractivity contribution in [2.75, 3.05) is 16.5 Å². The SMILES string of the molecule is CCc1nc2c(Cl)c(-c3cccc(NC(=O)c4ccc(NC(=O)/C=C/CCl)c(C#N)c4)c3)c(C(F)(F)F)cc2n1C.